The quantitative estimate of drug-likeness (QED) is 0.753. The second-order valence-electron chi connectivity index (χ2n) is 3.75. The van der Waals surface area contributed by atoms with Gasteiger partial charge >= 0.3 is 0 Å². The minimum Gasteiger partial charge on any atom is -0.300 e. The second kappa shape index (κ2) is 3.94. The number of hydrogen-bond acceptors (Lipinski definition) is 4. The molecule has 2 aromatic rings. The molecule has 0 spiro atoms. The van der Waals surface area contributed by atoms with Gasteiger partial charge in [0.25, 0.3) is 0 Å². The van der Waals surface area contributed by atoms with Crippen molar-refractivity contribution in [3.05, 3.63) is 24.5 Å². The van der Waals surface area contributed by atoms with E-state index in [1.54, 1.807) is 12.5 Å². The summed E-state index contributed by atoms with van der Waals surface area (Å²) >= 11 is 0. The monoisotopic (exact) mass is 205 g/mol. The van der Waals surface area contributed by atoms with E-state index in [9.17, 15) is 0 Å². The molecule has 0 aliphatic rings. The van der Waals surface area contributed by atoms with E-state index in [1.807, 2.05) is 10.7 Å². The minimum atomic E-state index is 0.294. The molecule has 0 amide bonds. The molecule has 0 aromatic carbocycles. The van der Waals surface area contributed by atoms with Crippen LogP contribution >= 0.6 is 0 Å². The van der Waals surface area contributed by atoms with Crippen LogP contribution in [0.25, 0.3) is 5.52 Å². The van der Waals surface area contributed by atoms with E-state index in [2.05, 4.69) is 41.0 Å². The number of fused-ring (bicyclic) bond motifs is 1. The molecule has 2 aromatic heterocycles. The zero-order valence-corrected chi connectivity index (χ0v) is 9.25. The van der Waals surface area contributed by atoms with Crippen LogP contribution in [0.4, 0.5) is 0 Å². The molecule has 2 heterocycles. The SMILES string of the molecule is CCC(c1ncc2cncnn12)N(C)C. The zero-order valence-electron chi connectivity index (χ0n) is 9.25. The first-order chi connectivity index (χ1) is 7.24. The summed E-state index contributed by atoms with van der Waals surface area (Å²) in [7, 11) is 4.10. The van der Waals surface area contributed by atoms with Gasteiger partial charge in [-0.2, -0.15) is 5.10 Å². The van der Waals surface area contributed by atoms with E-state index in [-0.39, 0.29) is 0 Å². The molecule has 5 nitrogen and oxygen atoms in total. The highest BCUT2D eigenvalue weighted by molar-refractivity contribution is 5.41. The van der Waals surface area contributed by atoms with Crippen molar-refractivity contribution in [3.63, 3.8) is 0 Å². The summed E-state index contributed by atoms with van der Waals surface area (Å²) in [6, 6.07) is 0.294. The number of nitrogens with zero attached hydrogens (tertiary/aromatic N) is 5. The molecule has 80 valence electrons. The maximum absolute atomic E-state index is 4.41. The Morgan fingerprint density at radius 1 is 1.40 bits per heavy atom. The smallest absolute Gasteiger partial charge is 0.147 e. The third-order valence-corrected chi connectivity index (χ3v) is 2.54. The van der Waals surface area contributed by atoms with Crippen molar-refractivity contribution in [1.29, 1.82) is 0 Å². The third-order valence-electron chi connectivity index (χ3n) is 2.54. The van der Waals surface area contributed by atoms with E-state index < -0.39 is 0 Å². The van der Waals surface area contributed by atoms with Crippen molar-refractivity contribution in [3.8, 4) is 0 Å². The third kappa shape index (κ3) is 1.70. The Morgan fingerprint density at radius 2 is 2.20 bits per heavy atom. The molecule has 1 atom stereocenters. The van der Waals surface area contributed by atoms with E-state index in [0.29, 0.717) is 6.04 Å². The molecule has 0 aliphatic heterocycles. The average Bonchev–Trinajstić information content (AvgIpc) is 2.63. The predicted octanol–water partition coefficient (Wildman–Crippen LogP) is 1.14. The normalized spacial score (nSPS) is 13.6. The summed E-state index contributed by atoms with van der Waals surface area (Å²) in [6.45, 7) is 2.15. The molecule has 1 unspecified atom stereocenters. The fourth-order valence-corrected chi connectivity index (χ4v) is 1.78. The Balaban J connectivity index is 2.51. The van der Waals surface area contributed by atoms with Crippen molar-refractivity contribution >= 4 is 5.52 Å². The molecule has 0 bridgehead atoms. The van der Waals surface area contributed by atoms with E-state index in [4.69, 9.17) is 0 Å². The molecule has 15 heavy (non-hydrogen) atoms. The maximum atomic E-state index is 4.41. The standard InChI is InChI=1S/C10H15N5/c1-4-9(14(2)3)10-12-6-8-5-11-7-13-15(8)10/h5-7,9H,4H2,1-3H3. The fourth-order valence-electron chi connectivity index (χ4n) is 1.78. The summed E-state index contributed by atoms with van der Waals surface area (Å²) < 4.78 is 1.85. The van der Waals surface area contributed by atoms with Crippen LogP contribution in [0.2, 0.25) is 0 Å². The number of rotatable bonds is 3. The lowest BCUT2D eigenvalue weighted by molar-refractivity contribution is 0.277. The Hall–Kier alpha value is -1.49. The van der Waals surface area contributed by atoms with E-state index in [0.717, 1.165) is 17.8 Å². The summed E-state index contributed by atoms with van der Waals surface area (Å²) in [4.78, 5) is 10.5. The van der Waals surface area contributed by atoms with Crippen LogP contribution in [-0.2, 0) is 0 Å². The van der Waals surface area contributed by atoms with Crippen molar-refractivity contribution in [2.45, 2.75) is 19.4 Å². The Labute approximate surface area is 88.8 Å². The highest BCUT2D eigenvalue weighted by Crippen LogP contribution is 2.20. The average molecular weight is 205 g/mol. The second-order valence-corrected chi connectivity index (χ2v) is 3.75. The van der Waals surface area contributed by atoms with Gasteiger partial charge < -0.3 is 0 Å². The van der Waals surface area contributed by atoms with Crippen LogP contribution < -0.4 is 0 Å². The van der Waals surface area contributed by atoms with Crippen molar-refractivity contribution < 1.29 is 0 Å². The highest BCUT2D eigenvalue weighted by Gasteiger charge is 2.17. The highest BCUT2D eigenvalue weighted by atomic mass is 15.3. The lowest BCUT2D eigenvalue weighted by atomic mass is 10.2. The van der Waals surface area contributed by atoms with Crippen LogP contribution in [0.15, 0.2) is 18.7 Å². The predicted molar refractivity (Wildman–Crippen MR) is 57.5 cm³/mol. The molecule has 0 radical (unpaired) electrons. The van der Waals surface area contributed by atoms with Gasteiger partial charge in [-0.25, -0.2) is 14.5 Å². The Morgan fingerprint density at radius 3 is 2.87 bits per heavy atom. The minimum absolute atomic E-state index is 0.294. The van der Waals surface area contributed by atoms with E-state index >= 15 is 0 Å². The first-order valence-electron chi connectivity index (χ1n) is 5.04. The Bertz CT molecular complexity index is 448. The topological polar surface area (TPSA) is 46.3 Å². The van der Waals surface area contributed by atoms with Crippen LogP contribution in [0.5, 0.6) is 0 Å². The van der Waals surface area contributed by atoms with Crippen LogP contribution in [0, 0.1) is 0 Å². The van der Waals surface area contributed by atoms with Gasteiger partial charge in [-0.15, -0.1) is 0 Å². The molecule has 0 saturated heterocycles. The largest absolute Gasteiger partial charge is 0.300 e. The summed E-state index contributed by atoms with van der Waals surface area (Å²) in [6.07, 6.45) is 6.13. The van der Waals surface area contributed by atoms with Gasteiger partial charge in [0.1, 0.15) is 17.7 Å². The molecule has 0 fully saturated rings. The van der Waals surface area contributed by atoms with Gasteiger partial charge in [-0.05, 0) is 20.5 Å². The van der Waals surface area contributed by atoms with Crippen molar-refractivity contribution in [1.82, 2.24) is 24.5 Å². The first-order valence-corrected chi connectivity index (χ1v) is 5.04. The molecule has 5 heteroatoms. The van der Waals surface area contributed by atoms with Gasteiger partial charge in [0.2, 0.25) is 0 Å². The lowest BCUT2D eigenvalue weighted by Crippen LogP contribution is -2.22. The van der Waals surface area contributed by atoms with Crippen molar-refractivity contribution in [2.24, 2.45) is 0 Å². The van der Waals surface area contributed by atoms with Gasteiger partial charge in [0.05, 0.1) is 18.4 Å². The fraction of sp³-hybridized carbons (Fsp3) is 0.500. The summed E-state index contributed by atoms with van der Waals surface area (Å²) in [5, 5.41) is 4.21. The van der Waals surface area contributed by atoms with Crippen LogP contribution in [-0.4, -0.2) is 38.6 Å². The molecule has 0 aliphatic carbocycles. The number of aromatic nitrogens is 4. The van der Waals surface area contributed by atoms with Gasteiger partial charge in [-0.1, -0.05) is 6.92 Å². The van der Waals surface area contributed by atoms with Crippen molar-refractivity contribution in [2.75, 3.05) is 14.1 Å². The van der Waals surface area contributed by atoms with E-state index in [1.165, 1.54) is 0 Å². The number of hydrogen-bond donors (Lipinski definition) is 0. The van der Waals surface area contributed by atoms with Gasteiger partial charge in [0.15, 0.2) is 0 Å². The van der Waals surface area contributed by atoms with Crippen LogP contribution in [0.1, 0.15) is 25.2 Å². The van der Waals surface area contributed by atoms with Crippen LogP contribution in [0.3, 0.4) is 0 Å². The Kier molecular flexibility index (Phi) is 2.64. The first kappa shape index (κ1) is 10.0. The zero-order chi connectivity index (χ0) is 10.8. The molecular weight excluding hydrogens is 190 g/mol. The number of imidazole rings is 1. The maximum Gasteiger partial charge on any atom is 0.147 e. The summed E-state index contributed by atoms with van der Waals surface area (Å²) in [5.74, 6) is 0.972. The summed E-state index contributed by atoms with van der Waals surface area (Å²) in [5.41, 5.74) is 0.938. The lowest BCUT2D eigenvalue weighted by Gasteiger charge is -2.20. The van der Waals surface area contributed by atoms with Gasteiger partial charge in [0, 0.05) is 0 Å². The molecular formula is C10H15N5. The molecule has 0 N–H and O–H groups in total. The van der Waals surface area contributed by atoms with Gasteiger partial charge in [-0.3, -0.25) is 4.90 Å². The molecule has 2 rings (SSSR count). The molecule has 0 saturated carbocycles.